The van der Waals surface area contributed by atoms with Gasteiger partial charge >= 0.3 is 0 Å². The van der Waals surface area contributed by atoms with Gasteiger partial charge in [0, 0.05) is 42.5 Å². The number of likely N-dealkylation sites (N-methyl/N-ethyl adjacent to an activating group) is 2. The Balaban J connectivity index is 1.63. The van der Waals surface area contributed by atoms with Crippen LogP contribution in [0.1, 0.15) is 16.7 Å². The Labute approximate surface area is 290 Å². The summed E-state index contributed by atoms with van der Waals surface area (Å²) in [5.74, 6) is 4.24. The molecule has 0 fully saturated rings. The zero-order valence-electron chi connectivity index (χ0n) is 30.0. The fraction of sp³-hybridized carbons (Fsp3) is 0.350. The third-order valence-corrected chi connectivity index (χ3v) is 8.50. The number of ether oxygens (including phenoxy) is 6. The first-order valence-corrected chi connectivity index (χ1v) is 16.5. The normalized spacial score (nSPS) is 11.3. The van der Waals surface area contributed by atoms with Crippen molar-refractivity contribution in [1.29, 1.82) is 0 Å². The topological polar surface area (TPSA) is 66.8 Å². The zero-order valence-corrected chi connectivity index (χ0v) is 30.0. The van der Waals surface area contributed by atoms with Gasteiger partial charge in [-0.3, -0.25) is 0 Å². The van der Waals surface area contributed by atoms with Crippen LogP contribution in [0.15, 0.2) is 78.9 Å². The smallest absolute Gasteiger partial charge is 0.203 e. The Kier molecular flexibility index (Phi) is 11.9. The molecule has 5 aromatic rings. The second-order valence-electron chi connectivity index (χ2n) is 12.5. The zero-order chi connectivity index (χ0) is 34.9. The number of benzene rings is 4. The van der Waals surface area contributed by atoms with Crippen molar-refractivity contribution in [3.8, 4) is 45.8 Å². The molecule has 0 aliphatic rings. The lowest BCUT2D eigenvalue weighted by Crippen LogP contribution is -2.19. The quantitative estimate of drug-likeness (QED) is 0.107. The number of methoxy groups -OCH3 is 4. The van der Waals surface area contributed by atoms with E-state index in [0.717, 1.165) is 69.2 Å². The summed E-state index contributed by atoms with van der Waals surface area (Å²) in [5, 5.41) is 1.11. The Morgan fingerprint density at radius 2 is 1.10 bits per heavy atom. The molecule has 1 heterocycles. The van der Waals surface area contributed by atoms with E-state index in [1.807, 2.05) is 70.7 Å². The van der Waals surface area contributed by atoms with Crippen molar-refractivity contribution in [3.05, 3.63) is 95.6 Å². The highest BCUT2D eigenvalue weighted by atomic mass is 16.5. The average Bonchev–Trinajstić information content (AvgIpc) is 3.40. The van der Waals surface area contributed by atoms with Crippen LogP contribution in [0.2, 0.25) is 0 Å². The van der Waals surface area contributed by atoms with Gasteiger partial charge < -0.3 is 42.8 Å². The molecular weight excluding hydrogens is 618 g/mol. The summed E-state index contributed by atoms with van der Waals surface area (Å²) in [7, 11) is 14.8. The van der Waals surface area contributed by atoms with Gasteiger partial charge in [-0.2, -0.15) is 0 Å². The summed E-state index contributed by atoms with van der Waals surface area (Å²) in [4.78, 5) is 4.22. The van der Waals surface area contributed by atoms with E-state index in [9.17, 15) is 0 Å². The third kappa shape index (κ3) is 8.60. The van der Waals surface area contributed by atoms with E-state index >= 15 is 0 Å². The first-order valence-electron chi connectivity index (χ1n) is 16.5. The van der Waals surface area contributed by atoms with Crippen molar-refractivity contribution in [2.75, 3.05) is 82.9 Å². The Hall–Kier alpha value is -4.86. The largest absolute Gasteiger partial charge is 0.497 e. The predicted molar refractivity (Wildman–Crippen MR) is 196 cm³/mol. The molecule has 9 heteroatoms. The van der Waals surface area contributed by atoms with Crippen molar-refractivity contribution in [3.63, 3.8) is 0 Å². The van der Waals surface area contributed by atoms with Gasteiger partial charge in [0.1, 0.15) is 30.5 Å². The highest BCUT2D eigenvalue weighted by molar-refractivity contribution is 5.94. The molecule has 0 aliphatic heterocycles. The molecule has 0 saturated heterocycles. The lowest BCUT2D eigenvalue weighted by Gasteiger charge is -2.18. The van der Waals surface area contributed by atoms with Crippen molar-refractivity contribution >= 4 is 10.9 Å². The predicted octanol–water partition coefficient (Wildman–Crippen LogP) is 6.86. The minimum absolute atomic E-state index is 0.550. The highest BCUT2D eigenvalue weighted by Crippen LogP contribution is 2.45. The second kappa shape index (κ2) is 16.5. The molecule has 9 nitrogen and oxygen atoms in total. The Morgan fingerprint density at radius 3 is 1.59 bits per heavy atom. The number of fused-ring (bicyclic) bond motifs is 1. The fourth-order valence-corrected chi connectivity index (χ4v) is 5.89. The summed E-state index contributed by atoms with van der Waals surface area (Å²) in [6.45, 7) is 3.61. The SMILES string of the molecule is COc1ccc2c(c1)c(Cc1ccc(OCCN(C)C)cc1)c(-c1cc(OC)c(OC)c(OC)c1)n2Cc1ccc(OCCN(C)C)cc1. The van der Waals surface area contributed by atoms with E-state index in [4.69, 9.17) is 28.4 Å². The van der Waals surface area contributed by atoms with Crippen molar-refractivity contribution in [2.24, 2.45) is 0 Å². The Morgan fingerprint density at radius 1 is 0.571 bits per heavy atom. The molecule has 0 unspecified atom stereocenters. The standard InChI is InChI=1S/C40H49N3O6/c1-41(2)19-21-48-31-13-9-28(10-14-31)23-35-34-26-33(44-5)17-18-36(34)43(27-29-11-15-32(16-12-29)49-22-20-42(3)4)39(35)30-24-37(45-6)40(47-8)38(25-30)46-7/h9-18,24-26H,19-23,27H2,1-8H3. The van der Waals surface area contributed by atoms with Gasteiger partial charge in [0.05, 0.1) is 34.1 Å². The molecule has 0 spiro atoms. The molecule has 0 aliphatic carbocycles. The molecule has 0 amide bonds. The van der Waals surface area contributed by atoms with Crippen LogP contribution in [0, 0.1) is 0 Å². The first kappa shape index (κ1) is 35.4. The summed E-state index contributed by atoms with van der Waals surface area (Å²) in [5.41, 5.74) is 6.57. The molecule has 0 N–H and O–H groups in total. The summed E-state index contributed by atoms with van der Waals surface area (Å²) in [6, 6.07) is 27.1. The number of hydrogen-bond acceptors (Lipinski definition) is 8. The van der Waals surface area contributed by atoms with Gasteiger partial charge in [-0.05, 0) is 99.5 Å². The average molecular weight is 668 g/mol. The van der Waals surface area contributed by atoms with Crippen molar-refractivity contribution in [1.82, 2.24) is 14.4 Å². The lowest BCUT2D eigenvalue weighted by molar-refractivity contribution is 0.261. The first-order chi connectivity index (χ1) is 23.7. The molecule has 0 bridgehead atoms. The molecule has 0 saturated carbocycles. The van der Waals surface area contributed by atoms with Gasteiger partial charge in [0.2, 0.25) is 5.75 Å². The minimum Gasteiger partial charge on any atom is -0.497 e. The van der Waals surface area contributed by atoms with E-state index in [0.29, 0.717) is 43.4 Å². The van der Waals surface area contributed by atoms with Crippen LogP contribution in [-0.4, -0.2) is 97.3 Å². The fourth-order valence-electron chi connectivity index (χ4n) is 5.89. The van der Waals surface area contributed by atoms with Crippen LogP contribution in [0.5, 0.6) is 34.5 Å². The van der Waals surface area contributed by atoms with Crippen LogP contribution in [0.25, 0.3) is 22.2 Å². The number of aromatic nitrogens is 1. The monoisotopic (exact) mass is 667 g/mol. The van der Waals surface area contributed by atoms with E-state index in [1.54, 1.807) is 28.4 Å². The van der Waals surface area contributed by atoms with E-state index < -0.39 is 0 Å². The van der Waals surface area contributed by atoms with Crippen LogP contribution in [0.4, 0.5) is 0 Å². The Bertz CT molecular complexity index is 1790. The van der Waals surface area contributed by atoms with Crippen molar-refractivity contribution in [2.45, 2.75) is 13.0 Å². The van der Waals surface area contributed by atoms with Crippen LogP contribution >= 0.6 is 0 Å². The van der Waals surface area contributed by atoms with Gasteiger partial charge in [0.25, 0.3) is 0 Å². The van der Waals surface area contributed by atoms with Gasteiger partial charge in [-0.1, -0.05) is 24.3 Å². The molecular formula is C40H49N3O6. The van der Waals surface area contributed by atoms with Gasteiger partial charge in [0.15, 0.2) is 11.5 Å². The molecule has 1 aromatic heterocycles. The molecule has 260 valence electrons. The molecule has 4 aromatic carbocycles. The minimum atomic E-state index is 0.550. The number of rotatable bonds is 17. The van der Waals surface area contributed by atoms with Crippen LogP contribution < -0.4 is 28.4 Å². The molecule has 0 radical (unpaired) electrons. The van der Waals surface area contributed by atoms with Crippen LogP contribution in [0.3, 0.4) is 0 Å². The van der Waals surface area contributed by atoms with E-state index in [1.165, 1.54) is 0 Å². The maximum atomic E-state index is 5.99. The van der Waals surface area contributed by atoms with Crippen LogP contribution in [-0.2, 0) is 13.0 Å². The number of nitrogens with zero attached hydrogens (tertiary/aromatic N) is 3. The van der Waals surface area contributed by atoms with Gasteiger partial charge in [-0.25, -0.2) is 0 Å². The summed E-state index contributed by atoms with van der Waals surface area (Å²) in [6.07, 6.45) is 0.680. The lowest BCUT2D eigenvalue weighted by atomic mass is 9.97. The highest BCUT2D eigenvalue weighted by Gasteiger charge is 2.23. The van der Waals surface area contributed by atoms with Crippen molar-refractivity contribution < 1.29 is 28.4 Å². The summed E-state index contributed by atoms with van der Waals surface area (Å²) < 4.78 is 37.4. The third-order valence-electron chi connectivity index (χ3n) is 8.50. The van der Waals surface area contributed by atoms with Gasteiger partial charge in [-0.15, -0.1) is 0 Å². The summed E-state index contributed by atoms with van der Waals surface area (Å²) >= 11 is 0. The maximum Gasteiger partial charge on any atom is 0.203 e. The van der Waals surface area contributed by atoms with E-state index in [2.05, 4.69) is 50.8 Å². The number of hydrogen-bond donors (Lipinski definition) is 0. The molecule has 5 rings (SSSR count). The maximum absolute atomic E-state index is 5.99. The van der Waals surface area contributed by atoms with E-state index in [-0.39, 0.29) is 0 Å². The second-order valence-corrected chi connectivity index (χ2v) is 12.5. The molecule has 0 atom stereocenters. The molecule has 49 heavy (non-hydrogen) atoms.